The Bertz CT molecular complexity index is 837. The highest BCUT2D eigenvalue weighted by molar-refractivity contribution is 5.81. The van der Waals surface area contributed by atoms with Crippen LogP contribution >= 0.6 is 0 Å². The van der Waals surface area contributed by atoms with Crippen LogP contribution in [0, 0.1) is 11.7 Å². The minimum Gasteiger partial charge on any atom is -0.352 e. The van der Waals surface area contributed by atoms with Crippen LogP contribution < -0.4 is 10.5 Å². The molecule has 6 nitrogen and oxygen atoms in total. The largest absolute Gasteiger partial charge is 0.352 e. The molecule has 0 N–H and O–H groups in total. The van der Waals surface area contributed by atoms with E-state index in [0.29, 0.717) is 37.7 Å². The summed E-state index contributed by atoms with van der Waals surface area (Å²) in [6.07, 6.45) is 2.03. The summed E-state index contributed by atoms with van der Waals surface area (Å²) in [6, 6.07) is 8.82. The van der Waals surface area contributed by atoms with Gasteiger partial charge in [-0.3, -0.25) is 9.59 Å². The molecule has 4 rings (SSSR count). The lowest BCUT2D eigenvalue weighted by molar-refractivity contribution is -0.132. The highest BCUT2D eigenvalue weighted by Gasteiger charge is 2.34. The maximum Gasteiger partial charge on any atom is 0.271 e. The fourth-order valence-electron chi connectivity index (χ4n) is 3.08. The number of aromatic nitrogens is 2. The smallest absolute Gasteiger partial charge is 0.271 e. The maximum atomic E-state index is 13.1. The van der Waals surface area contributed by atoms with E-state index in [1.165, 1.54) is 35.0 Å². The average molecular weight is 342 g/mol. The Morgan fingerprint density at radius 2 is 1.68 bits per heavy atom. The molecule has 1 aliphatic heterocycles. The number of anilines is 1. The number of amides is 1. The van der Waals surface area contributed by atoms with E-state index < -0.39 is 0 Å². The summed E-state index contributed by atoms with van der Waals surface area (Å²) in [5.74, 6) is 0.834. The molecular formula is C18H19FN4O2. The van der Waals surface area contributed by atoms with E-state index in [9.17, 15) is 14.0 Å². The van der Waals surface area contributed by atoms with Gasteiger partial charge in [0.2, 0.25) is 5.91 Å². The quantitative estimate of drug-likeness (QED) is 0.847. The lowest BCUT2D eigenvalue weighted by atomic mass is 10.2. The molecule has 2 heterocycles. The van der Waals surface area contributed by atoms with Crippen molar-refractivity contribution >= 4 is 11.7 Å². The number of carbonyl (C=O) groups excluding carboxylic acids is 1. The minimum atomic E-state index is -0.357. The second kappa shape index (κ2) is 6.31. The molecule has 1 saturated heterocycles. The third-order valence-corrected chi connectivity index (χ3v) is 4.70. The second-order valence-corrected chi connectivity index (χ2v) is 6.50. The van der Waals surface area contributed by atoms with Gasteiger partial charge in [0.1, 0.15) is 11.6 Å². The first-order valence-corrected chi connectivity index (χ1v) is 8.52. The third kappa shape index (κ3) is 3.26. The summed E-state index contributed by atoms with van der Waals surface area (Å²) in [4.78, 5) is 28.2. The van der Waals surface area contributed by atoms with Crippen LogP contribution in [0.25, 0.3) is 5.69 Å². The van der Waals surface area contributed by atoms with Gasteiger partial charge >= 0.3 is 0 Å². The van der Waals surface area contributed by atoms with Crippen LogP contribution in [-0.2, 0) is 4.79 Å². The minimum absolute atomic E-state index is 0.241. The van der Waals surface area contributed by atoms with Gasteiger partial charge in [0, 0.05) is 38.2 Å². The van der Waals surface area contributed by atoms with Gasteiger partial charge in [-0.1, -0.05) is 0 Å². The summed E-state index contributed by atoms with van der Waals surface area (Å²) in [6.45, 7) is 2.72. The normalized spacial score (nSPS) is 17.6. The number of carbonyl (C=O) groups is 1. The topological polar surface area (TPSA) is 58.4 Å². The van der Waals surface area contributed by atoms with Crippen LogP contribution in [0.15, 0.2) is 41.2 Å². The van der Waals surface area contributed by atoms with Crippen LogP contribution in [0.3, 0.4) is 0 Å². The van der Waals surface area contributed by atoms with E-state index in [0.717, 1.165) is 12.8 Å². The number of benzene rings is 1. The van der Waals surface area contributed by atoms with Crippen molar-refractivity contribution in [3.63, 3.8) is 0 Å². The fraction of sp³-hybridized carbons (Fsp3) is 0.389. The molecule has 25 heavy (non-hydrogen) atoms. The van der Waals surface area contributed by atoms with Gasteiger partial charge in [-0.2, -0.15) is 4.68 Å². The van der Waals surface area contributed by atoms with Crippen molar-refractivity contribution in [1.29, 1.82) is 0 Å². The molecule has 0 atom stereocenters. The predicted octanol–water partition coefficient (Wildman–Crippen LogP) is 1.43. The number of halogens is 1. The van der Waals surface area contributed by atoms with Crippen molar-refractivity contribution < 1.29 is 9.18 Å². The van der Waals surface area contributed by atoms with E-state index in [1.54, 1.807) is 6.07 Å². The maximum absolute atomic E-state index is 13.1. The Balaban J connectivity index is 1.51. The fourth-order valence-corrected chi connectivity index (χ4v) is 3.08. The molecule has 2 aliphatic rings. The van der Waals surface area contributed by atoms with Crippen molar-refractivity contribution in [3.05, 3.63) is 52.6 Å². The van der Waals surface area contributed by atoms with Gasteiger partial charge in [-0.15, -0.1) is 5.10 Å². The van der Waals surface area contributed by atoms with E-state index in [-0.39, 0.29) is 23.2 Å². The lowest BCUT2D eigenvalue weighted by Gasteiger charge is -2.35. The van der Waals surface area contributed by atoms with Crippen molar-refractivity contribution in [2.24, 2.45) is 5.92 Å². The van der Waals surface area contributed by atoms with E-state index in [2.05, 4.69) is 10.00 Å². The van der Waals surface area contributed by atoms with E-state index >= 15 is 0 Å². The first kappa shape index (κ1) is 15.8. The van der Waals surface area contributed by atoms with Crippen molar-refractivity contribution in [2.45, 2.75) is 12.8 Å². The molecule has 1 saturated carbocycles. The van der Waals surface area contributed by atoms with E-state index in [1.807, 2.05) is 4.90 Å². The number of rotatable bonds is 3. The summed E-state index contributed by atoms with van der Waals surface area (Å²) in [5, 5.41) is 4.42. The van der Waals surface area contributed by atoms with Crippen LogP contribution in [0.4, 0.5) is 10.2 Å². The zero-order valence-corrected chi connectivity index (χ0v) is 13.8. The zero-order chi connectivity index (χ0) is 17.4. The second-order valence-electron chi connectivity index (χ2n) is 6.50. The van der Waals surface area contributed by atoms with Gasteiger partial charge in [-0.25, -0.2) is 4.39 Å². The van der Waals surface area contributed by atoms with Gasteiger partial charge in [0.15, 0.2) is 0 Å². The van der Waals surface area contributed by atoms with Gasteiger partial charge in [0.05, 0.1) is 5.69 Å². The molecule has 1 aliphatic carbocycles. The van der Waals surface area contributed by atoms with Gasteiger partial charge in [-0.05, 0) is 43.2 Å². The van der Waals surface area contributed by atoms with Crippen LogP contribution in [0.2, 0.25) is 0 Å². The standard InChI is InChI=1S/C18H19FN4O2/c19-14-3-5-15(6-4-14)23-17(24)8-7-16(20-23)21-9-11-22(12-10-21)18(25)13-1-2-13/h3-8,13H,1-2,9-12H2. The molecule has 0 radical (unpaired) electrons. The Labute approximate surface area is 144 Å². The first-order chi connectivity index (χ1) is 12.1. The summed E-state index contributed by atoms with van der Waals surface area (Å²) >= 11 is 0. The van der Waals surface area contributed by atoms with Gasteiger partial charge < -0.3 is 9.80 Å². The molecule has 0 unspecified atom stereocenters. The molecule has 1 aromatic heterocycles. The molecular weight excluding hydrogens is 323 g/mol. The third-order valence-electron chi connectivity index (χ3n) is 4.70. The summed E-state index contributed by atoms with van der Waals surface area (Å²) < 4.78 is 14.4. The molecule has 1 amide bonds. The number of piperazine rings is 1. The summed E-state index contributed by atoms with van der Waals surface area (Å²) in [7, 11) is 0. The highest BCUT2D eigenvalue weighted by Crippen LogP contribution is 2.31. The number of hydrogen-bond acceptors (Lipinski definition) is 4. The molecule has 2 aromatic rings. The van der Waals surface area contributed by atoms with Crippen LogP contribution in [0.5, 0.6) is 0 Å². The Hall–Kier alpha value is -2.70. The highest BCUT2D eigenvalue weighted by atomic mass is 19.1. The zero-order valence-electron chi connectivity index (χ0n) is 13.8. The van der Waals surface area contributed by atoms with Gasteiger partial charge in [0.25, 0.3) is 5.56 Å². The van der Waals surface area contributed by atoms with E-state index in [4.69, 9.17) is 0 Å². The molecule has 130 valence electrons. The molecule has 0 spiro atoms. The van der Waals surface area contributed by atoms with Crippen LogP contribution in [-0.4, -0.2) is 46.8 Å². The lowest BCUT2D eigenvalue weighted by Crippen LogP contribution is -2.49. The Morgan fingerprint density at radius 3 is 2.32 bits per heavy atom. The number of hydrogen-bond donors (Lipinski definition) is 0. The Kier molecular flexibility index (Phi) is 3.99. The summed E-state index contributed by atoms with van der Waals surface area (Å²) in [5.41, 5.74) is 0.258. The van der Waals surface area contributed by atoms with Crippen molar-refractivity contribution in [2.75, 3.05) is 31.1 Å². The molecule has 2 fully saturated rings. The van der Waals surface area contributed by atoms with Crippen molar-refractivity contribution in [1.82, 2.24) is 14.7 Å². The first-order valence-electron chi connectivity index (χ1n) is 8.52. The van der Waals surface area contributed by atoms with Crippen LogP contribution in [0.1, 0.15) is 12.8 Å². The number of nitrogens with zero attached hydrogens (tertiary/aromatic N) is 4. The predicted molar refractivity (Wildman–Crippen MR) is 91.3 cm³/mol. The molecule has 7 heteroatoms. The molecule has 0 bridgehead atoms. The van der Waals surface area contributed by atoms with Crippen molar-refractivity contribution in [3.8, 4) is 5.69 Å². The average Bonchev–Trinajstić information content (AvgIpc) is 3.48. The Morgan fingerprint density at radius 1 is 1.00 bits per heavy atom. The molecule has 1 aromatic carbocycles. The SMILES string of the molecule is O=C(C1CC1)N1CCN(c2ccc(=O)n(-c3ccc(F)cc3)n2)CC1. The monoisotopic (exact) mass is 342 g/mol.